The Balaban J connectivity index is 3.14. The maximum absolute atomic E-state index is 5.30. The SMILES string of the molecule is CO[C@H](N)C(C)N. The van der Waals surface area contributed by atoms with Crippen LogP contribution in [0.5, 0.6) is 0 Å². The molecule has 0 aliphatic heterocycles. The van der Waals surface area contributed by atoms with Gasteiger partial charge in [0, 0.05) is 13.2 Å². The summed E-state index contributed by atoms with van der Waals surface area (Å²) in [6, 6.07) is -0.0787. The first-order chi connectivity index (χ1) is 3.18. The van der Waals surface area contributed by atoms with Crippen molar-refractivity contribution >= 4 is 0 Å². The zero-order chi connectivity index (χ0) is 5.86. The number of hydrogen-bond donors (Lipinski definition) is 2. The van der Waals surface area contributed by atoms with E-state index in [-0.39, 0.29) is 12.3 Å². The quantitative estimate of drug-likeness (QED) is 0.454. The minimum absolute atomic E-state index is 0.0787. The Morgan fingerprint density at radius 1 is 1.43 bits per heavy atom. The van der Waals surface area contributed by atoms with E-state index in [0.717, 1.165) is 0 Å². The Bertz CT molecular complexity index is 47.0. The number of ether oxygens (including phenoxy) is 1. The van der Waals surface area contributed by atoms with Crippen LogP contribution in [0.2, 0.25) is 0 Å². The Kier molecular flexibility index (Phi) is 2.91. The van der Waals surface area contributed by atoms with Crippen LogP contribution in [0, 0.1) is 0 Å². The summed E-state index contributed by atoms with van der Waals surface area (Å²) in [6.45, 7) is 1.80. The van der Waals surface area contributed by atoms with Crippen LogP contribution >= 0.6 is 0 Å². The van der Waals surface area contributed by atoms with Gasteiger partial charge in [-0.25, -0.2) is 0 Å². The second-order valence-electron chi connectivity index (χ2n) is 1.56. The van der Waals surface area contributed by atoms with Crippen molar-refractivity contribution in [3.05, 3.63) is 0 Å². The highest BCUT2D eigenvalue weighted by Crippen LogP contribution is 1.81. The van der Waals surface area contributed by atoms with Gasteiger partial charge in [0.15, 0.2) is 0 Å². The van der Waals surface area contributed by atoms with Crippen LogP contribution in [-0.2, 0) is 4.74 Å². The fraction of sp³-hybridized carbons (Fsp3) is 1.00. The van der Waals surface area contributed by atoms with Gasteiger partial charge >= 0.3 is 0 Å². The van der Waals surface area contributed by atoms with Crippen LogP contribution in [-0.4, -0.2) is 19.4 Å². The van der Waals surface area contributed by atoms with Gasteiger partial charge in [-0.05, 0) is 6.92 Å². The van der Waals surface area contributed by atoms with Crippen LogP contribution in [0.25, 0.3) is 0 Å². The molecule has 0 spiro atoms. The first-order valence-corrected chi connectivity index (χ1v) is 2.22. The van der Waals surface area contributed by atoms with E-state index in [1.807, 2.05) is 0 Å². The van der Waals surface area contributed by atoms with E-state index in [9.17, 15) is 0 Å². The van der Waals surface area contributed by atoms with Crippen LogP contribution in [0.15, 0.2) is 0 Å². The normalized spacial score (nSPS) is 18.9. The Labute approximate surface area is 43.6 Å². The summed E-state index contributed by atoms with van der Waals surface area (Å²) in [4.78, 5) is 0. The Hall–Kier alpha value is -0.120. The lowest BCUT2D eigenvalue weighted by atomic mass is 10.3. The van der Waals surface area contributed by atoms with Gasteiger partial charge in [0.05, 0.1) is 0 Å². The fourth-order valence-corrected chi connectivity index (χ4v) is 0.215. The van der Waals surface area contributed by atoms with Crippen LogP contribution in [0.4, 0.5) is 0 Å². The number of nitrogens with two attached hydrogens (primary N) is 2. The molecule has 0 heterocycles. The standard InChI is InChI=1S/C4H12N2O/c1-3(5)4(6)7-2/h3-4H,5-6H2,1-2H3/t3?,4-/m0/s1. The highest BCUT2D eigenvalue weighted by atomic mass is 16.5. The fourth-order valence-electron chi connectivity index (χ4n) is 0.215. The predicted molar refractivity (Wildman–Crippen MR) is 28.6 cm³/mol. The molecule has 0 rings (SSSR count). The molecule has 2 atom stereocenters. The molecule has 0 saturated heterocycles. The summed E-state index contributed by atoms with van der Waals surface area (Å²) in [5, 5.41) is 0. The van der Waals surface area contributed by atoms with Gasteiger partial charge in [-0.15, -0.1) is 0 Å². The molecule has 1 unspecified atom stereocenters. The second-order valence-corrected chi connectivity index (χ2v) is 1.56. The third-order valence-corrected chi connectivity index (χ3v) is 0.790. The molecule has 4 N–H and O–H groups in total. The Morgan fingerprint density at radius 3 is 1.86 bits per heavy atom. The van der Waals surface area contributed by atoms with E-state index in [1.165, 1.54) is 7.11 Å². The lowest BCUT2D eigenvalue weighted by Gasteiger charge is -2.11. The van der Waals surface area contributed by atoms with E-state index in [0.29, 0.717) is 0 Å². The molecule has 0 aromatic carbocycles. The monoisotopic (exact) mass is 104 g/mol. The molecule has 0 radical (unpaired) electrons. The summed E-state index contributed by atoms with van der Waals surface area (Å²) in [5.41, 5.74) is 10.6. The molecular formula is C4H12N2O. The summed E-state index contributed by atoms with van der Waals surface area (Å²) in [7, 11) is 1.54. The van der Waals surface area contributed by atoms with E-state index in [2.05, 4.69) is 4.74 Å². The molecule has 3 heteroatoms. The van der Waals surface area contributed by atoms with Crippen molar-refractivity contribution in [1.29, 1.82) is 0 Å². The van der Waals surface area contributed by atoms with Crippen molar-refractivity contribution in [3.63, 3.8) is 0 Å². The Morgan fingerprint density at radius 2 is 1.86 bits per heavy atom. The minimum Gasteiger partial charge on any atom is -0.365 e. The largest absolute Gasteiger partial charge is 0.365 e. The summed E-state index contributed by atoms with van der Waals surface area (Å²) in [5.74, 6) is 0. The van der Waals surface area contributed by atoms with Crippen molar-refractivity contribution in [2.45, 2.75) is 19.2 Å². The topological polar surface area (TPSA) is 61.3 Å². The number of rotatable bonds is 2. The molecule has 0 aromatic rings. The molecule has 44 valence electrons. The van der Waals surface area contributed by atoms with Gasteiger partial charge in [0.25, 0.3) is 0 Å². The van der Waals surface area contributed by atoms with Crippen LogP contribution in [0.1, 0.15) is 6.92 Å². The average molecular weight is 104 g/mol. The molecule has 0 bridgehead atoms. The van der Waals surface area contributed by atoms with Gasteiger partial charge in [0.1, 0.15) is 6.23 Å². The van der Waals surface area contributed by atoms with Gasteiger partial charge in [-0.2, -0.15) is 0 Å². The lowest BCUT2D eigenvalue weighted by Crippen LogP contribution is -2.40. The lowest BCUT2D eigenvalue weighted by molar-refractivity contribution is 0.0908. The highest BCUT2D eigenvalue weighted by molar-refractivity contribution is 4.58. The van der Waals surface area contributed by atoms with E-state index < -0.39 is 0 Å². The molecular weight excluding hydrogens is 92.1 g/mol. The van der Waals surface area contributed by atoms with Gasteiger partial charge in [-0.1, -0.05) is 0 Å². The van der Waals surface area contributed by atoms with Gasteiger partial charge in [-0.3, -0.25) is 0 Å². The van der Waals surface area contributed by atoms with E-state index in [1.54, 1.807) is 6.92 Å². The third-order valence-electron chi connectivity index (χ3n) is 0.790. The molecule has 3 nitrogen and oxygen atoms in total. The summed E-state index contributed by atoms with van der Waals surface area (Å²) < 4.78 is 4.66. The summed E-state index contributed by atoms with van der Waals surface area (Å²) in [6.07, 6.45) is -0.319. The molecule has 0 aliphatic rings. The van der Waals surface area contributed by atoms with Crippen LogP contribution < -0.4 is 11.5 Å². The zero-order valence-corrected chi connectivity index (χ0v) is 4.72. The van der Waals surface area contributed by atoms with Crippen molar-refractivity contribution in [2.24, 2.45) is 11.5 Å². The van der Waals surface area contributed by atoms with Crippen molar-refractivity contribution in [1.82, 2.24) is 0 Å². The molecule has 0 aliphatic carbocycles. The molecule has 0 fully saturated rings. The highest BCUT2D eigenvalue weighted by Gasteiger charge is 2.02. The molecule has 7 heavy (non-hydrogen) atoms. The number of hydrogen-bond acceptors (Lipinski definition) is 3. The zero-order valence-electron chi connectivity index (χ0n) is 4.72. The van der Waals surface area contributed by atoms with Crippen molar-refractivity contribution in [2.75, 3.05) is 7.11 Å². The molecule has 0 amide bonds. The molecule has 0 saturated carbocycles. The van der Waals surface area contributed by atoms with Crippen molar-refractivity contribution < 1.29 is 4.74 Å². The summed E-state index contributed by atoms with van der Waals surface area (Å²) >= 11 is 0. The maximum Gasteiger partial charge on any atom is 0.120 e. The minimum atomic E-state index is -0.319. The van der Waals surface area contributed by atoms with E-state index in [4.69, 9.17) is 11.5 Å². The smallest absolute Gasteiger partial charge is 0.120 e. The third kappa shape index (κ3) is 2.56. The average Bonchev–Trinajstić information content (AvgIpc) is 1.65. The molecule has 0 aromatic heterocycles. The van der Waals surface area contributed by atoms with Gasteiger partial charge in [0.2, 0.25) is 0 Å². The van der Waals surface area contributed by atoms with E-state index >= 15 is 0 Å². The van der Waals surface area contributed by atoms with Crippen LogP contribution in [0.3, 0.4) is 0 Å². The first kappa shape index (κ1) is 6.88. The number of methoxy groups -OCH3 is 1. The maximum atomic E-state index is 5.30. The first-order valence-electron chi connectivity index (χ1n) is 2.22. The predicted octanol–water partition coefficient (Wildman–Crippen LogP) is -0.735. The second kappa shape index (κ2) is 2.96. The van der Waals surface area contributed by atoms with Gasteiger partial charge < -0.3 is 16.2 Å². The van der Waals surface area contributed by atoms with Crippen molar-refractivity contribution in [3.8, 4) is 0 Å².